The molecule has 0 spiro atoms. The molecule has 3 fully saturated rings. The van der Waals surface area contributed by atoms with Crippen molar-refractivity contribution in [3.05, 3.63) is 207 Å². The zero-order valence-corrected chi connectivity index (χ0v) is 59.2. The number of ether oxygens (including phenoxy) is 4. The van der Waals surface area contributed by atoms with Crippen molar-refractivity contribution in [2.75, 3.05) is 57.8 Å². The van der Waals surface area contributed by atoms with Gasteiger partial charge in [-0.15, -0.1) is 0 Å². The summed E-state index contributed by atoms with van der Waals surface area (Å²) in [6.45, 7) is 19.2. The van der Waals surface area contributed by atoms with Crippen LogP contribution in [0.3, 0.4) is 0 Å². The van der Waals surface area contributed by atoms with Crippen LogP contribution in [0.5, 0.6) is 11.5 Å². The maximum atomic E-state index is 12.7. The lowest BCUT2D eigenvalue weighted by Gasteiger charge is -2.42. The number of likely N-dealkylation sites (tertiary alicyclic amines) is 2. The summed E-state index contributed by atoms with van der Waals surface area (Å²) >= 11 is 10.7. The number of fused-ring (bicyclic) bond motifs is 2. The molecular weight excluding hydrogens is 1380 g/mol. The van der Waals surface area contributed by atoms with Gasteiger partial charge in [-0.05, 0) is 207 Å². The average Bonchev–Trinajstić information content (AvgIpc) is 1.11. The Balaban J connectivity index is 0.000000149. The first-order chi connectivity index (χ1) is 45.2. The number of oxazole rings is 2. The molecule has 3 aromatic heterocycles. The van der Waals surface area contributed by atoms with Gasteiger partial charge in [-0.1, -0.05) is 133 Å². The largest absolute Gasteiger partial charge is 0.493 e. The van der Waals surface area contributed by atoms with Gasteiger partial charge in [-0.25, -0.2) is 19.6 Å². The van der Waals surface area contributed by atoms with Crippen LogP contribution in [0.2, 0.25) is 0 Å². The number of carbonyl (C=O) groups is 2. The number of alkyl halides is 1. The van der Waals surface area contributed by atoms with Crippen LogP contribution in [-0.2, 0) is 25.7 Å². The molecule has 2 N–H and O–H groups in total. The standard InChI is InChI=1S/C30H31BrN2O4.C29H28N4O2.C17H23Br2NO2/c1-29(2,3)37-28(34)33-17-15-30(16-18-33,22-11-13-23(31)14-12-22)20-35-24-8-6-7-21(19-24)27-32-25-9-4-5-10-26(25)36-27;1-20-25(18-31-33-20)21-9-11-23(12-10-21)29(13-15-30-16-14-29)19-34-24-6-4-5-22(17-24)28-32-26-7-2-3-8-27(26)35-28;1-16(2,3)22-15(21)20-10-8-17(12-18,9-11-20)13-4-6-14(19)7-5-13/h4-14,19H,15-18,20H2,1-3H3;2-12,17-18,30H,13-16,19H2,1H3,(H,31,33);4-7H,8-12H2,1-3H3. The maximum Gasteiger partial charge on any atom is 0.410 e. The van der Waals surface area contributed by atoms with Crippen LogP contribution in [0.15, 0.2) is 194 Å². The van der Waals surface area contributed by atoms with E-state index in [1.54, 1.807) is 4.90 Å². The first-order valence-corrected chi connectivity index (χ1v) is 34.9. The van der Waals surface area contributed by atoms with Crippen LogP contribution in [0.1, 0.15) is 102 Å². The Bertz CT molecular complexity index is 4090. The Morgan fingerprint density at radius 3 is 1.35 bits per heavy atom. The van der Waals surface area contributed by atoms with Crippen LogP contribution < -0.4 is 14.8 Å². The number of para-hydroxylation sites is 4. The molecule has 0 saturated carbocycles. The van der Waals surface area contributed by atoms with Gasteiger partial charge in [0.1, 0.15) is 33.7 Å². The molecule has 18 heteroatoms. The number of H-pyrrole nitrogens is 1. The fraction of sp³-hybridized carbons (Fsp3) is 0.355. The summed E-state index contributed by atoms with van der Waals surface area (Å²) in [5.41, 5.74) is 11.1. The van der Waals surface area contributed by atoms with Crippen molar-refractivity contribution in [2.45, 2.75) is 114 Å². The number of carbonyl (C=O) groups excluding carboxylic acids is 2. The van der Waals surface area contributed by atoms with E-state index in [-0.39, 0.29) is 28.4 Å². The summed E-state index contributed by atoms with van der Waals surface area (Å²) in [6.07, 6.45) is 6.92. The maximum absolute atomic E-state index is 12.7. The van der Waals surface area contributed by atoms with E-state index in [0.717, 1.165) is 135 Å². The molecule has 3 aliphatic heterocycles. The monoisotopic (exact) mass is 1460 g/mol. The quantitative estimate of drug-likeness (QED) is 0.105. The van der Waals surface area contributed by atoms with E-state index in [1.807, 2.05) is 157 Å². The third-order valence-corrected chi connectivity index (χ3v) is 20.0. The molecule has 15 nitrogen and oxygen atoms in total. The molecule has 0 atom stereocenters. The number of hydrogen-bond acceptors (Lipinski definition) is 12. The van der Waals surface area contributed by atoms with Crippen LogP contribution in [-0.4, -0.2) is 111 Å². The zero-order chi connectivity index (χ0) is 66.1. The van der Waals surface area contributed by atoms with Gasteiger partial charge >= 0.3 is 12.2 Å². The lowest BCUT2D eigenvalue weighted by Crippen LogP contribution is -2.49. The Hall–Kier alpha value is -7.77. The normalized spacial score (nSPS) is 16.1. The van der Waals surface area contributed by atoms with E-state index in [0.29, 0.717) is 38.1 Å². The van der Waals surface area contributed by atoms with E-state index in [1.165, 1.54) is 22.3 Å². The Morgan fingerprint density at radius 2 is 0.936 bits per heavy atom. The van der Waals surface area contributed by atoms with Crippen LogP contribution >= 0.6 is 47.8 Å². The van der Waals surface area contributed by atoms with Crippen molar-refractivity contribution in [3.8, 4) is 45.5 Å². The second-order valence-electron chi connectivity index (χ2n) is 26.8. The number of nitrogens with one attached hydrogen (secondary N) is 2. The van der Waals surface area contributed by atoms with Crippen molar-refractivity contribution < 1.29 is 37.4 Å². The first-order valence-electron chi connectivity index (χ1n) is 32.2. The minimum Gasteiger partial charge on any atom is -0.493 e. The first kappa shape index (κ1) is 67.6. The van der Waals surface area contributed by atoms with Gasteiger partial charge in [0.2, 0.25) is 11.8 Å². The van der Waals surface area contributed by atoms with E-state index in [2.05, 4.69) is 146 Å². The molecule has 10 aromatic rings. The number of aromatic nitrogens is 4. The number of hydrogen-bond donors (Lipinski definition) is 2. The van der Waals surface area contributed by atoms with Gasteiger partial charge in [0, 0.05) is 79.1 Å². The molecule has 490 valence electrons. The number of benzene rings is 7. The summed E-state index contributed by atoms with van der Waals surface area (Å²) in [4.78, 5) is 37.7. The number of aromatic amines is 1. The number of aryl methyl sites for hydroxylation is 1. The summed E-state index contributed by atoms with van der Waals surface area (Å²) in [5.74, 6) is 2.76. The Kier molecular flexibility index (Phi) is 21.2. The molecule has 3 saturated heterocycles. The predicted octanol–water partition coefficient (Wildman–Crippen LogP) is 18.6. The van der Waals surface area contributed by atoms with Gasteiger partial charge in [0.05, 0.1) is 19.4 Å². The summed E-state index contributed by atoms with van der Waals surface area (Å²) in [6, 6.07) is 57.3. The second-order valence-corrected chi connectivity index (χ2v) is 29.2. The number of nitrogens with zero attached hydrogens (tertiary/aromatic N) is 5. The molecule has 0 radical (unpaired) electrons. The fourth-order valence-electron chi connectivity index (χ4n) is 12.4. The highest BCUT2D eigenvalue weighted by atomic mass is 79.9. The number of halogens is 3. The summed E-state index contributed by atoms with van der Waals surface area (Å²) in [5, 5.41) is 11.6. The van der Waals surface area contributed by atoms with E-state index in [4.69, 9.17) is 27.8 Å². The van der Waals surface area contributed by atoms with Gasteiger partial charge in [-0.3, -0.25) is 5.10 Å². The lowest BCUT2D eigenvalue weighted by atomic mass is 9.73. The Morgan fingerprint density at radius 1 is 0.521 bits per heavy atom. The average molecular weight is 1460 g/mol. The van der Waals surface area contributed by atoms with Crippen LogP contribution in [0, 0.1) is 6.92 Å². The van der Waals surface area contributed by atoms with Crippen LogP contribution in [0.25, 0.3) is 56.2 Å². The molecule has 94 heavy (non-hydrogen) atoms. The van der Waals surface area contributed by atoms with Crippen molar-refractivity contribution >= 4 is 82.2 Å². The van der Waals surface area contributed by atoms with Gasteiger partial charge in [0.25, 0.3) is 0 Å². The number of rotatable bonds is 13. The predicted molar refractivity (Wildman–Crippen MR) is 382 cm³/mol. The van der Waals surface area contributed by atoms with Crippen molar-refractivity contribution in [1.29, 1.82) is 0 Å². The molecule has 0 aliphatic carbocycles. The summed E-state index contributed by atoms with van der Waals surface area (Å²) < 4.78 is 38.0. The van der Waals surface area contributed by atoms with Gasteiger partial charge in [0.15, 0.2) is 11.2 Å². The van der Waals surface area contributed by atoms with E-state index >= 15 is 0 Å². The van der Waals surface area contributed by atoms with Crippen molar-refractivity contribution in [3.63, 3.8) is 0 Å². The second kappa shape index (κ2) is 29.5. The minimum absolute atomic E-state index is 0.0389. The third kappa shape index (κ3) is 16.6. The molecule has 6 heterocycles. The SMILES string of the molecule is CC(C)(C)OC(=O)N1CCC(CBr)(c2ccc(Br)cc2)CC1.CC(C)(C)OC(=O)N1CCC(COc2cccc(-c3nc4ccccc4o3)c2)(c2ccc(Br)cc2)CC1.Cc1[nH]ncc1-c1ccc(C2(COc3cccc(-c4nc5ccccc5o4)c3)CCNCC2)cc1. The highest BCUT2D eigenvalue weighted by molar-refractivity contribution is 9.10. The number of amides is 2. The molecule has 13 rings (SSSR count). The smallest absolute Gasteiger partial charge is 0.410 e. The molecule has 2 amide bonds. The topological polar surface area (TPSA) is 170 Å². The van der Waals surface area contributed by atoms with E-state index in [9.17, 15) is 9.59 Å². The number of piperidine rings is 3. The fourth-order valence-corrected chi connectivity index (χ4v) is 13.9. The highest BCUT2D eigenvalue weighted by Gasteiger charge is 2.41. The zero-order valence-electron chi connectivity index (χ0n) is 54.5. The summed E-state index contributed by atoms with van der Waals surface area (Å²) in [7, 11) is 0. The van der Waals surface area contributed by atoms with Crippen LogP contribution in [0.4, 0.5) is 9.59 Å². The minimum atomic E-state index is -0.514. The van der Waals surface area contributed by atoms with Gasteiger partial charge < -0.3 is 42.9 Å². The molecule has 0 unspecified atom stereocenters. The van der Waals surface area contributed by atoms with E-state index < -0.39 is 11.2 Å². The van der Waals surface area contributed by atoms with Gasteiger partial charge in [-0.2, -0.15) is 5.10 Å². The molecule has 0 bridgehead atoms. The lowest BCUT2D eigenvalue weighted by molar-refractivity contribution is 0.0130. The van der Waals surface area contributed by atoms with Crippen molar-refractivity contribution in [1.82, 2.24) is 35.3 Å². The molecular formula is C76H82Br3N7O8. The molecule has 3 aliphatic rings. The molecule has 7 aromatic carbocycles. The van der Waals surface area contributed by atoms with Crippen molar-refractivity contribution in [2.24, 2.45) is 0 Å². The Labute approximate surface area is 576 Å². The highest BCUT2D eigenvalue weighted by Crippen LogP contribution is 2.41. The third-order valence-electron chi connectivity index (χ3n) is 17.9.